The Balaban J connectivity index is 2.45. The molecule has 16 heavy (non-hydrogen) atoms. The van der Waals surface area contributed by atoms with Crippen molar-refractivity contribution in [3.8, 4) is 5.69 Å². The highest BCUT2D eigenvalue weighted by atomic mass is 35.5. The monoisotopic (exact) mass is 255 g/mol. The number of hydrogen-bond donors (Lipinski definition) is 1. The Hall–Kier alpha value is -1.03. The van der Waals surface area contributed by atoms with Gasteiger partial charge in [0.15, 0.2) is 0 Å². The minimum absolute atomic E-state index is 0.583. The Labute approximate surface area is 104 Å². The summed E-state index contributed by atoms with van der Waals surface area (Å²) in [5.74, 6) is 0. The van der Waals surface area contributed by atoms with Crippen molar-refractivity contribution in [2.24, 2.45) is 5.73 Å². The van der Waals surface area contributed by atoms with Crippen LogP contribution in [-0.4, -0.2) is 16.1 Å². The minimum atomic E-state index is 0.583. The van der Waals surface area contributed by atoms with E-state index in [0.29, 0.717) is 16.6 Å². The predicted molar refractivity (Wildman–Crippen MR) is 66.3 cm³/mol. The quantitative estimate of drug-likeness (QED) is 0.917. The van der Waals surface area contributed by atoms with Crippen molar-refractivity contribution >= 4 is 23.2 Å². The molecule has 1 aromatic carbocycles. The highest BCUT2D eigenvalue weighted by Gasteiger charge is 2.05. The third-order valence-corrected chi connectivity index (χ3v) is 2.68. The van der Waals surface area contributed by atoms with E-state index in [9.17, 15) is 0 Å². The van der Waals surface area contributed by atoms with Crippen LogP contribution in [0, 0.1) is 0 Å². The summed E-state index contributed by atoms with van der Waals surface area (Å²) in [5.41, 5.74) is 7.48. The molecular formula is C11H11Cl2N3. The van der Waals surface area contributed by atoms with E-state index in [1.54, 1.807) is 18.6 Å². The zero-order valence-corrected chi connectivity index (χ0v) is 10.0. The van der Waals surface area contributed by atoms with Crippen LogP contribution in [-0.2, 0) is 6.42 Å². The van der Waals surface area contributed by atoms with Gasteiger partial charge in [-0.05, 0) is 24.7 Å². The normalized spacial score (nSPS) is 10.7. The molecular weight excluding hydrogens is 245 g/mol. The number of rotatable bonds is 3. The van der Waals surface area contributed by atoms with Crippen molar-refractivity contribution in [3.05, 3.63) is 46.5 Å². The Morgan fingerprint density at radius 2 is 1.88 bits per heavy atom. The van der Waals surface area contributed by atoms with Crippen LogP contribution in [0.25, 0.3) is 5.69 Å². The fourth-order valence-corrected chi connectivity index (χ4v) is 2.08. The summed E-state index contributed by atoms with van der Waals surface area (Å²) in [6.07, 6.45) is 4.29. The molecule has 0 saturated heterocycles. The summed E-state index contributed by atoms with van der Waals surface area (Å²) in [6, 6.07) is 5.39. The number of halogens is 2. The van der Waals surface area contributed by atoms with Gasteiger partial charge in [0.25, 0.3) is 0 Å². The summed E-state index contributed by atoms with van der Waals surface area (Å²) >= 11 is 11.9. The maximum absolute atomic E-state index is 5.95. The molecule has 0 spiro atoms. The molecule has 0 aliphatic rings. The third kappa shape index (κ3) is 2.38. The Bertz CT molecular complexity index is 473. The second-order valence-electron chi connectivity index (χ2n) is 3.42. The lowest BCUT2D eigenvalue weighted by atomic mass is 10.3. The van der Waals surface area contributed by atoms with Gasteiger partial charge >= 0.3 is 0 Å². The Kier molecular flexibility index (Phi) is 3.49. The average molecular weight is 256 g/mol. The smallest absolute Gasteiger partial charge is 0.0994 e. The zero-order valence-electron chi connectivity index (χ0n) is 8.53. The van der Waals surface area contributed by atoms with E-state index in [0.717, 1.165) is 17.8 Å². The number of hydrogen-bond acceptors (Lipinski definition) is 2. The molecule has 1 heterocycles. The van der Waals surface area contributed by atoms with Gasteiger partial charge in [0.1, 0.15) is 0 Å². The molecule has 84 valence electrons. The van der Waals surface area contributed by atoms with Crippen molar-refractivity contribution in [2.45, 2.75) is 6.42 Å². The molecule has 2 N–H and O–H groups in total. The van der Waals surface area contributed by atoms with E-state index in [1.807, 2.05) is 16.7 Å². The van der Waals surface area contributed by atoms with Gasteiger partial charge < -0.3 is 10.3 Å². The minimum Gasteiger partial charge on any atom is -0.330 e. The second kappa shape index (κ2) is 4.87. The molecule has 0 bridgehead atoms. The van der Waals surface area contributed by atoms with Gasteiger partial charge in [-0.25, -0.2) is 4.98 Å². The van der Waals surface area contributed by atoms with Gasteiger partial charge in [0, 0.05) is 34.0 Å². The SMILES string of the molecule is NCCc1cncn1-c1cc(Cl)cc(Cl)c1. The maximum atomic E-state index is 5.95. The standard InChI is InChI=1S/C11H11Cl2N3/c12-8-3-9(13)5-11(4-8)16-7-15-6-10(16)1-2-14/h3-7H,1-2,14H2. The summed E-state index contributed by atoms with van der Waals surface area (Å²) in [4.78, 5) is 4.10. The first-order valence-corrected chi connectivity index (χ1v) is 5.64. The number of nitrogens with zero attached hydrogens (tertiary/aromatic N) is 2. The van der Waals surface area contributed by atoms with Gasteiger partial charge in [-0.3, -0.25) is 0 Å². The van der Waals surface area contributed by atoms with Crippen molar-refractivity contribution in [1.82, 2.24) is 9.55 Å². The van der Waals surface area contributed by atoms with Crippen LogP contribution in [0.15, 0.2) is 30.7 Å². The van der Waals surface area contributed by atoms with Crippen LogP contribution < -0.4 is 5.73 Å². The lowest BCUT2D eigenvalue weighted by Gasteiger charge is -2.08. The summed E-state index contributed by atoms with van der Waals surface area (Å²) < 4.78 is 1.94. The summed E-state index contributed by atoms with van der Waals surface area (Å²) in [7, 11) is 0. The predicted octanol–water partition coefficient (Wildman–Crippen LogP) is 2.68. The van der Waals surface area contributed by atoms with Gasteiger partial charge in [-0.2, -0.15) is 0 Å². The highest BCUT2D eigenvalue weighted by Crippen LogP contribution is 2.22. The molecule has 0 saturated carbocycles. The molecule has 0 amide bonds. The van der Waals surface area contributed by atoms with E-state index in [1.165, 1.54) is 0 Å². The lowest BCUT2D eigenvalue weighted by molar-refractivity contribution is 0.874. The maximum Gasteiger partial charge on any atom is 0.0994 e. The van der Waals surface area contributed by atoms with Gasteiger partial charge in [-0.15, -0.1) is 0 Å². The highest BCUT2D eigenvalue weighted by molar-refractivity contribution is 6.34. The molecule has 0 fully saturated rings. The van der Waals surface area contributed by atoms with E-state index in [4.69, 9.17) is 28.9 Å². The molecule has 0 radical (unpaired) electrons. The largest absolute Gasteiger partial charge is 0.330 e. The summed E-state index contributed by atoms with van der Waals surface area (Å²) in [6.45, 7) is 0.583. The molecule has 2 rings (SSSR count). The number of benzene rings is 1. The topological polar surface area (TPSA) is 43.8 Å². The molecule has 2 aromatic rings. The van der Waals surface area contributed by atoms with Crippen LogP contribution in [0.3, 0.4) is 0 Å². The molecule has 0 unspecified atom stereocenters. The molecule has 5 heteroatoms. The van der Waals surface area contributed by atoms with E-state index in [-0.39, 0.29) is 0 Å². The van der Waals surface area contributed by atoms with Crippen LogP contribution in [0.4, 0.5) is 0 Å². The molecule has 3 nitrogen and oxygen atoms in total. The van der Waals surface area contributed by atoms with E-state index in [2.05, 4.69) is 4.98 Å². The first-order valence-electron chi connectivity index (χ1n) is 4.88. The van der Waals surface area contributed by atoms with E-state index < -0.39 is 0 Å². The van der Waals surface area contributed by atoms with Gasteiger partial charge in [0.05, 0.1) is 6.33 Å². The number of aromatic nitrogens is 2. The first-order chi connectivity index (χ1) is 7.70. The Morgan fingerprint density at radius 1 is 1.19 bits per heavy atom. The molecule has 0 aliphatic carbocycles. The van der Waals surface area contributed by atoms with Crippen LogP contribution in [0.5, 0.6) is 0 Å². The first kappa shape index (κ1) is 11.5. The second-order valence-corrected chi connectivity index (χ2v) is 4.29. The lowest BCUT2D eigenvalue weighted by Crippen LogP contribution is -2.07. The van der Waals surface area contributed by atoms with Gasteiger partial charge in [-0.1, -0.05) is 23.2 Å². The molecule has 1 aromatic heterocycles. The van der Waals surface area contributed by atoms with Crippen LogP contribution in [0.2, 0.25) is 10.0 Å². The van der Waals surface area contributed by atoms with Crippen LogP contribution >= 0.6 is 23.2 Å². The van der Waals surface area contributed by atoms with Crippen molar-refractivity contribution in [1.29, 1.82) is 0 Å². The fourth-order valence-electron chi connectivity index (χ4n) is 1.57. The number of imidazole rings is 1. The number of nitrogens with two attached hydrogens (primary N) is 1. The van der Waals surface area contributed by atoms with Crippen molar-refractivity contribution < 1.29 is 0 Å². The fraction of sp³-hybridized carbons (Fsp3) is 0.182. The van der Waals surface area contributed by atoms with E-state index >= 15 is 0 Å². The van der Waals surface area contributed by atoms with Crippen LogP contribution in [0.1, 0.15) is 5.69 Å². The Morgan fingerprint density at radius 3 is 2.50 bits per heavy atom. The third-order valence-electron chi connectivity index (χ3n) is 2.24. The van der Waals surface area contributed by atoms with Gasteiger partial charge in [0.2, 0.25) is 0 Å². The summed E-state index contributed by atoms with van der Waals surface area (Å²) in [5, 5.41) is 1.21. The van der Waals surface area contributed by atoms with Crippen molar-refractivity contribution in [3.63, 3.8) is 0 Å². The molecule has 0 atom stereocenters. The van der Waals surface area contributed by atoms with Crippen molar-refractivity contribution in [2.75, 3.05) is 6.54 Å². The average Bonchev–Trinajstić information content (AvgIpc) is 2.65. The zero-order chi connectivity index (χ0) is 11.5. The molecule has 0 aliphatic heterocycles.